The maximum Gasteiger partial charge on any atom is 0.291 e. The lowest BCUT2D eigenvalue weighted by Gasteiger charge is -2.12. The number of furan rings is 1. The van der Waals surface area contributed by atoms with E-state index in [4.69, 9.17) is 13.9 Å². The predicted molar refractivity (Wildman–Crippen MR) is 114 cm³/mol. The molecule has 0 radical (unpaired) electrons. The monoisotopic (exact) mass is 409 g/mol. The highest BCUT2D eigenvalue weighted by atomic mass is 32.2. The second-order valence-corrected chi connectivity index (χ2v) is 7.85. The maximum atomic E-state index is 12.7. The number of anilines is 1. The summed E-state index contributed by atoms with van der Waals surface area (Å²) in [5, 5.41) is 2.90. The van der Waals surface area contributed by atoms with Gasteiger partial charge in [-0.15, -0.1) is 11.8 Å². The zero-order chi connectivity index (χ0) is 19.9. The molecule has 3 aromatic rings. The number of hydrogen-bond donors (Lipinski definition) is 1. The third kappa shape index (κ3) is 5.43. The van der Waals surface area contributed by atoms with Crippen LogP contribution in [0.4, 0.5) is 5.69 Å². The SMILES string of the molecule is O=C(Nc1cccc(OCC2CCCO2)c1)c1occc1CSc1ccccc1. The molecule has 1 unspecified atom stereocenters. The quantitative estimate of drug-likeness (QED) is 0.506. The number of nitrogens with one attached hydrogen (secondary N) is 1. The van der Waals surface area contributed by atoms with Crippen molar-refractivity contribution in [3.63, 3.8) is 0 Å². The largest absolute Gasteiger partial charge is 0.491 e. The molecule has 0 aliphatic carbocycles. The van der Waals surface area contributed by atoms with E-state index < -0.39 is 0 Å². The van der Waals surface area contributed by atoms with Gasteiger partial charge in [0, 0.05) is 34.6 Å². The fourth-order valence-corrected chi connectivity index (χ4v) is 4.04. The first-order valence-corrected chi connectivity index (χ1v) is 10.7. The van der Waals surface area contributed by atoms with Gasteiger partial charge in [0.2, 0.25) is 0 Å². The molecule has 1 aliphatic rings. The molecule has 1 aliphatic heterocycles. The van der Waals surface area contributed by atoms with Crippen LogP contribution in [0.1, 0.15) is 29.0 Å². The summed E-state index contributed by atoms with van der Waals surface area (Å²) in [4.78, 5) is 13.9. The van der Waals surface area contributed by atoms with Crippen LogP contribution in [0.15, 0.2) is 76.2 Å². The van der Waals surface area contributed by atoms with Gasteiger partial charge in [-0.1, -0.05) is 24.3 Å². The maximum absolute atomic E-state index is 12.7. The Hall–Kier alpha value is -2.70. The van der Waals surface area contributed by atoms with Gasteiger partial charge in [0.1, 0.15) is 12.4 Å². The molecule has 0 spiro atoms. The molecule has 0 bridgehead atoms. The van der Waals surface area contributed by atoms with Gasteiger partial charge in [0.15, 0.2) is 5.76 Å². The van der Waals surface area contributed by atoms with Crippen molar-refractivity contribution in [2.75, 3.05) is 18.5 Å². The average Bonchev–Trinajstić information content (AvgIpc) is 3.44. The van der Waals surface area contributed by atoms with E-state index in [1.54, 1.807) is 18.0 Å². The third-order valence-corrected chi connectivity index (χ3v) is 5.70. The predicted octanol–water partition coefficient (Wildman–Crippen LogP) is 5.38. The molecule has 1 aromatic heterocycles. The molecule has 2 aromatic carbocycles. The van der Waals surface area contributed by atoms with Crippen LogP contribution in [0.2, 0.25) is 0 Å². The van der Waals surface area contributed by atoms with E-state index in [0.29, 0.717) is 29.6 Å². The van der Waals surface area contributed by atoms with Crippen molar-refractivity contribution in [2.24, 2.45) is 0 Å². The fourth-order valence-electron chi connectivity index (χ4n) is 3.14. The molecule has 150 valence electrons. The number of carbonyl (C=O) groups is 1. The summed E-state index contributed by atoms with van der Waals surface area (Å²) < 4.78 is 16.8. The first kappa shape index (κ1) is 19.6. The van der Waals surface area contributed by atoms with E-state index >= 15 is 0 Å². The highest BCUT2D eigenvalue weighted by Gasteiger charge is 2.17. The zero-order valence-electron chi connectivity index (χ0n) is 16.0. The van der Waals surface area contributed by atoms with E-state index in [1.807, 2.05) is 60.7 Å². The van der Waals surface area contributed by atoms with Crippen LogP contribution in [0.25, 0.3) is 0 Å². The molecule has 4 rings (SSSR count). The highest BCUT2D eigenvalue weighted by molar-refractivity contribution is 7.98. The highest BCUT2D eigenvalue weighted by Crippen LogP contribution is 2.26. The molecule has 1 amide bonds. The Morgan fingerprint density at radius 1 is 1.14 bits per heavy atom. The van der Waals surface area contributed by atoms with Crippen LogP contribution in [0.3, 0.4) is 0 Å². The van der Waals surface area contributed by atoms with Crippen molar-refractivity contribution in [2.45, 2.75) is 29.6 Å². The van der Waals surface area contributed by atoms with Crippen LogP contribution in [-0.4, -0.2) is 25.2 Å². The Bertz CT molecular complexity index is 935. The summed E-state index contributed by atoms with van der Waals surface area (Å²) in [6.07, 6.45) is 3.81. The van der Waals surface area contributed by atoms with E-state index in [2.05, 4.69) is 5.32 Å². The van der Waals surface area contributed by atoms with Gasteiger partial charge >= 0.3 is 0 Å². The van der Waals surface area contributed by atoms with Gasteiger partial charge in [-0.05, 0) is 43.2 Å². The Balaban J connectivity index is 1.35. The van der Waals surface area contributed by atoms with Crippen molar-refractivity contribution in [1.82, 2.24) is 0 Å². The summed E-state index contributed by atoms with van der Waals surface area (Å²) >= 11 is 1.67. The van der Waals surface area contributed by atoms with Crippen LogP contribution in [0, 0.1) is 0 Å². The van der Waals surface area contributed by atoms with Crippen LogP contribution >= 0.6 is 11.8 Å². The number of hydrogen-bond acceptors (Lipinski definition) is 5. The number of carbonyl (C=O) groups excluding carboxylic acids is 1. The molecular formula is C23H23NO4S. The summed E-state index contributed by atoms with van der Waals surface area (Å²) in [5.74, 6) is 1.43. The molecule has 6 heteroatoms. The van der Waals surface area contributed by atoms with Gasteiger partial charge in [0.25, 0.3) is 5.91 Å². The number of rotatable bonds is 8. The molecule has 0 saturated carbocycles. The molecule has 29 heavy (non-hydrogen) atoms. The fraction of sp³-hybridized carbons (Fsp3) is 0.261. The minimum atomic E-state index is -0.269. The van der Waals surface area contributed by atoms with Crippen molar-refractivity contribution in [3.05, 3.63) is 78.3 Å². The normalized spacial score (nSPS) is 15.9. The van der Waals surface area contributed by atoms with Crippen molar-refractivity contribution in [3.8, 4) is 5.75 Å². The van der Waals surface area contributed by atoms with Gasteiger partial charge in [-0.3, -0.25) is 4.79 Å². The minimum absolute atomic E-state index is 0.154. The smallest absolute Gasteiger partial charge is 0.291 e. The number of ether oxygens (including phenoxy) is 2. The molecule has 2 heterocycles. The Morgan fingerprint density at radius 2 is 2.03 bits per heavy atom. The number of benzene rings is 2. The van der Waals surface area contributed by atoms with Crippen molar-refractivity contribution >= 4 is 23.4 Å². The second-order valence-electron chi connectivity index (χ2n) is 6.80. The molecule has 1 saturated heterocycles. The summed E-state index contributed by atoms with van der Waals surface area (Å²) in [6, 6.07) is 19.3. The number of amides is 1. The standard InChI is InChI=1S/C23H23NO4S/c25-23(22-17(11-13-27-22)16-29-21-9-2-1-3-10-21)24-18-6-4-7-19(14-18)28-15-20-8-5-12-26-20/h1-4,6-7,9-11,13-14,20H,5,8,12,15-16H2,(H,24,25). The Morgan fingerprint density at radius 3 is 2.86 bits per heavy atom. The molecule has 5 nitrogen and oxygen atoms in total. The number of thioether (sulfide) groups is 1. The lowest BCUT2D eigenvalue weighted by atomic mass is 10.2. The van der Waals surface area contributed by atoms with Crippen molar-refractivity contribution < 1.29 is 18.7 Å². The third-order valence-electron chi connectivity index (χ3n) is 4.64. The first-order chi connectivity index (χ1) is 14.3. The summed E-state index contributed by atoms with van der Waals surface area (Å²) in [5.41, 5.74) is 1.53. The lowest BCUT2D eigenvalue weighted by Crippen LogP contribution is -2.16. The van der Waals surface area contributed by atoms with Crippen LogP contribution in [-0.2, 0) is 10.5 Å². The van der Waals surface area contributed by atoms with Gasteiger partial charge in [0.05, 0.1) is 12.4 Å². The Kier molecular flexibility index (Phi) is 6.54. The summed E-state index contributed by atoms with van der Waals surface area (Å²) in [7, 11) is 0. The average molecular weight is 410 g/mol. The minimum Gasteiger partial charge on any atom is -0.491 e. The van der Waals surface area contributed by atoms with Gasteiger partial charge < -0.3 is 19.2 Å². The Labute approximate surface area is 174 Å². The lowest BCUT2D eigenvalue weighted by molar-refractivity contribution is 0.0679. The second kappa shape index (κ2) is 9.67. The van der Waals surface area contributed by atoms with E-state index in [1.165, 1.54) is 0 Å². The molecule has 1 atom stereocenters. The summed E-state index contributed by atoms with van der Waals surface area (Å²) in [6.45, 7) is 1.33. The zero-order valence-corrected chi connectivity index (χ0v) is 16.8. The van der Waals surface area contributed by atoms with Gasteiger partial charge in [-0.25, -0.2) is 0 Å². The topological polar surface area (TPSA) is 60.7 Å². The molecular weight excluding hydrogens is 386 g/mol. The van der Waals surface area contributed by atoms with Gasteiger partial charge in [-0.2, -0.15) is 0 Å². The van der Waals surface area contributed by atoms with E-state index in [-0.39, 0.29) is 12.0 Å². The molecule has 1 fully saturated rings. The van der Waals surface area contributed by atoms with E-state index in [9.17, 15) is 4.79 Å². The van der Waals surface area contributed by atoms with Crippen LogP contribution in [0.5, 0.6) is 5.75 Å². The molecule has 1 N–H and O–H groups in total. The van der Waals surface area contributed by atoms with E-state index in [0.717, 1.165) is 29.9 Å². The van der Waals surface area contributed by atoms with Crippen molar-refractivity contribution in [1.29, 1.82) is 0 Å². The van der Waals surface area contributed by atoms with Crippen LogP contribution < -0.4 is 10.1 Å². The first-order valence-electron chi connectivity index (χ1n) is 9.68.